The van der Waals surface area contributed by atoms with Crippen molar-refractivity contribution in [3.63, 3.8) is 0 Å². The molecule has 3 aromatic rings. The van der Waals surface area contributed by atoms with Crippen molar-refractivity contribution in [1.29, 1.82) is 0 Å². The first-order valence-electron chi connectivity index (χ1n) is 8.88. The molecule has 1 heterocycles. The van der Waals surface area contributed by atoms with E-state index in [0.29, 0.717) is 6.54 Å². The van der Waals surface area contributed by atoms with E-state index in [0.717, 1.165) is 35.9 Å². The summed E-state index contributed by atoms with van der Waals surface area (Å²) in [6.07, 6.45) is 2.89. The summed E-state index contributed by atoms with van der Waals surface area (Å²) < 4.78 is 29.1. The predicted molar refractivity (Wildman–Crippen MR) is 101 cm³/mol. The SMILES string of the molecule is CN([C@H]1CCCc2ccccc21)S(=O)(=O)CCn1nnc2ccccc21. The summed E-state index contributed by atoms with van der Waals surface area (Å²) in [5, 5.41) is 8.18. The molecule has 2 aromatic carbocycles. The molecular formula is C19H22N4O2S. The second-order valence-corrected chi connectivity index (χ2v) is 8.89. The van der Waals surface area contributed by atoms with E-state index >= 15 is 0 Å². The largest absolute Gasteiger partial charge is 0.244 e. The third-order valence-electron chi connectivity index (χ3n) is 5.20. The average molecular weight is 370 g/mol. The smallest absolute Gasteiger partial charge is 0.216 e. The Balaban J connectivity index is 1.53. The van der Waals surface area contributed by atoms with Gasteiger partial charge < -0.3 is 0 Å². The van der Waals surface area contributed by atoms with Crippen molar-refractivity contribution >= 4 is 21.1 Å². The summed E-state index contributed by atoms with van der Waals surface area (Å²) in [4.78, 5) is 0. The maximum absolute atomic E-state index is 12.9. The van der Waals surface area contributed by atoms with Crippen molar-refractivity contribution in [2.24, 2.45) is 0 Å². The topological polar surface area (TPSA) is 68.1 Å². The Morgan fingerprint density at radius 2 is 1.92 bits per heavy atom. The Kier molecular flexibility index (Phi) is 4.50. The standard InChI is InChI=1S/C19H22N4O2S/c1-22(18-12-6-8-15-7-2-3-9-16(15)18)26(24,25)14-13-23-19-11-5-4-10-17(19)20-21-23/h2-5,7,9-11,18H,6,8,12-14H2,1H3/t18-/m0/s1. The Morgan fingerprint density at radius 1 is 1.15 bits per heavy atom. The molecule has 0 radical (unpaired) electrons. The van der Waals surface area contributed by atoms with Gasteiger partial charge in [-0.3, -0.25) is 0 Å². The van der Waals surface area contributed by atoms with E-state index in [-0.39, 0.29) is 11.8 Å². The molecule has 1 aliphatic rings. The predicted octanol–water partition coefficient (Wildman–Crippen LogP) is 2.77. The summed E-state index contributed by atoms with van der Waals surface area (Å²) >= 11 is 0. The molecule has 0 N–H and O–H groups in total. The normalized spacial score (nSPS) is 17.5. The zero-order valence-electron chi connectivity index (χ0n) is 14.7. The minimum Gasteiger partial charge on any atom is -0.244 e. The van der Waals surface area contributed by atoms with Gasteiger partial charge in [-0.05, 0) is 42.5 Å². The van der Waals surface area contributed by atoms with Crippen LogP contribution in [0.4, 0.5) is 0 Å². The van der Waals surface area contributed by atoms with E-state index in [4.69, 9.17) is 0 Å². The van der Waals surface area contributed by atoms with Crippen LogP contribution in [0.25, 0.3) is 11.0 Å². The molecule has 0 unspecified atom stereocenters. The van der Waals surface area contributed by atoms with Crippen molar-refractivity contribution in [3.05, 3.63) is 59.7 Å². The minimum absolute atomic E-state index is 0.00945. The van der Waals surface area contributed by atoms with Gasteiger partial charge in [0.15, 0.2) is 0 Å². The highest BCUT2D eigenvalue weighted by molar-refractivity contribution is 7.89. The van der Waals surface area contributed by atoms with Crippen LogP contribution in [0.2, 0.25) is 0 Å². The first-order valence-corrected chi connectivity index (χ1v) is 10.5. The fourth-order valence-corrected chi connectivity index (χ4v) is 5.03. The third kappa shape index (κ3) is 3.12. The summed E-state index contributed by atoms with van der Waals surface area (Å²) in [5.41, 5.74) is 4.02. The lowest BCUT2D eigenvalue weighted by Gasteiger charge is -2.32. The van der Waals surface area contributed by atoms with Gasteiger partial charge >= 0.3 is 0 Å². The van der Waals surface area contributed by atoms with Gasteiger partial charge in [0.05, 0.1) is 17.8 Å². The fourth-order valence-electron chi connectivity index (χ4n) is 3.73. The number of sulfonamides is 1. The third-order valence-corrected chi connectivity index (χ3v) is 7.03. The van der Waals surface area contributed by atoms with Gasteiger partial charge in [0, 0.05) is 13.1 Å². The van der Waals surface area contributed by atoms with Gasteiger partial charge in [0.1, 0.15) is 5.52 Å². The molecule has 0 amide bonds. The summed E-state index contributed by atoms with van der Waals surface area (Å²) in [7, 11) is -1.71. The van der Waals surface area contributed by atoms with Gasteiger partial charge in [-0.1, -0.05) is 41.6 Å². The molecule has 4 rings (SSSR count). The highest BCUT2D eigenvalue weighted by Crippen LogP contribution is 2.34. The molecule has 0 saturated heterocycles. The molecule has 0 bridgehead atoms. The van der Waals surface area contributed by atoms with E-state index < -0.39 is 10.0 Å². The van der Waals surface area contributed by atoms with Gasteiger partial charge in [-0.25, -0.2) is 13.1 Å². The molecule has 26 heavy (non-hydrogen) atoms. The van der Waals surface area contributed by atoms with Crippen LogP contribution in [-0.2, 0) is 23.0 Å². The molecule has 1 atom stereocenters. The monoisotopic (exact) mass is 370 g/mol. The molecule has 7 heteroatoms. The zero-order valence-corrected chi connectivity index (χ0v) is 15.6. The Labute approximate surface area is 153 Å². The number of hydrogen-bond acceptors (Lipinski definition) is 4. The van der Waals surface area contributed by atoms with Crippen LogP contribution in [-0.4, -0.2) is 40.5 Å². The quantitative estimate of drug-likeness (QED) is 0.693. The van der Waals surface area contributed by atoms with Gasteiger partial charge in [-0.15, -0.1) is 5.10 Å². The van der Waals surface area contributed by atoms with Crippen LogP contribution in [0.3, 0.4) is 0 Å². The van der Waals surface area contributed by atoms with Crippen LogP contribution in [0, 0.1) is 0 Å². The average Bonchev–Trinajstić information content (AvgIpc) is 3.09. The Hall–Kier alpha value is -2.25. The van der Waals surface area contributed by atoms with Gasteiger partial charge in [0.25, 0.3) is 0 Å². The second-order valence-electron chi connectivity index (χ2n) is 6.74. The first-order chi connectivity index (χ1) is 12.6. The lowest BCUT2D eigenvalue weighted by Crippen LogP contribution is -2.36. The number of para-hydroxylation sites is 1. The highest BCUT2D eigenvalue weighted by atomic mass is 32.2. The van der Waals surface area contributed by atoms with Crippen molar-refractivity contribution in [3.8, 4) is 0 Å². The van der Waals surface area contributed by atoms with Gasteiger partial charge in [-0.2, -0.15) is 4.31 Å². The molecular weight excluding hydrogens is 348 g/mol. The van der Waals surface area contributed by atoms with Crippen LogP contribution in [0.5, 0.6) is 0 Å². The van der Waals surface area contributed by atoms with Crippen molar-refractivity contribution < 1.29 is 8.42 Å². The molecule has 0 aliphatic heterocycles. The van der Waals surface area contributed by atoms with E-state index in [2.05, 4.69) is 22.4 Å². The number of nitrogens with zero attached hydrogens (tertiary/aromatic N) is 4. The molecule has 0 saturated carbocycles. The summed E-state index contributed by atoms with van der Waals surface area (Å²) in [5.74, 6) is 0.00945. The maximum atomic E-state index is 12.9. The van der Waals surface area contributed by atoms with Crippen LogP contribution in [0.15, 0.2) is 48.5 Å². The zero-order chi connectivity index (χ0) is 18.1. The van der Waals surface area contributed by atoms with Crippen molar-refractivity contribution in [1.82, 2.24) is 19.3 Å². The van der Waals surface area contributed by atoms with Crippen LogP contribution in [0.1, 0.15) is 30.0 Å². The molecule has 1 aromatic heterocycles. The fraction of sp³-hybridized carbons (Fsp3) is 0.368. The summed E-state index contributed by atoms with van der Waals surface area (Å²) in [6, 6.07) is 15.7. The molecule has 1 aliphatic carbocycles. The van der Waals surface area contributed by atoms with E-state index in [1.54, 1.807) is 16.0 Å². The number of aromatic nitrogens is 3. The van der Waals surface area contributed by atoms with E-state index in [1.807, 2.05) is 36.4 Å². The molecule has 6 nitrogen and oxygen atoms in total. The maximum Gasteiger partial charge on any atom is 0.216 e. The Bertz CT molecular complexity index is 1030. The van der Waals surface area contributed by atoms with Crippen molar-refractivity contribution in [2.75, 3.05) is 12.8 Å². The Morgan fingerprint density at radius 3 is 2.81 bits per heavy atom. The van der Waals surface area contributed by atoms with Gasteiger partial charge in [0.2, 0.25) is 10.0 Å². The second kappa shape index (κ2) is 6.81. The number of aryl methyl sites for hydroxylation is 2. The molecule has 136 valence electrons. The molecule has 0 spiro atoms. The van der Waals surface area contributed by atoms with Crippen molar-refractivity contribution in [2.45, 2.75) is 31.8 Å². The lowest BCUT2D eigenvalue weighted by atomic mass is 9.88. The highest BCUT2D eigenvalue weighted by Gasteiger charge is 2.30. The minimum atomic E-state index is -3.40. The van der Waals surface area contributed by atoms with E-state index in [9.17, 15) is 8.42 Å². The lowest BCUT2D eigenvalue weighted by molar-refractivity contribution is 0.336. The first kappa shape index (κ1) is 17.2. The molecule has 0 fully saturated rings. The van der Waals surface area contributed by atoms with Crippen LogP contribution >= 0.6 is 0 Å². The number of fused-ring (bicyclic) bond motifs is 2. The number of hydrogen-bond donors (Lipinski definition) is 0. The van der Waals surface area contributed by atoms with Crippen LogP contribution < -0.4 is 0 Å². The summed E-state index contributed by atoms with van der Waals surface area (Å²) in [6.45, 7) is 0.293. The number of rotatable bonds is 5. The van der Waals surface area contributed by atoms with E-state index in [1.165, 1.54) is 5.56 Å². The number of benzene rings is 2.